The predicted molar refractivity (Wildman–Crippen MR) is 153 cm³/mol. The number of hydrogen-bond acceptors (Lipinski definition) is 6. The number of aromatic nitrogens is 1. The van der Waals surface area contributed by atoms with E-state index in [1.54, 1.807) is 33.5 Å². The van der Waals surface area contributed by atoms with E-state index in [0.717, 1.165) is 35.0 Å². The van der Waals surface area contributed by atoms with Crippen LogP contribution in [0.1, 0.15) is 68.8 Å². The number of carbonyl (C=O) groups excluding carboxylic acids is 1. The van der Waals surface area contributed by atoms with Crippen LogP contribution in [0.25, 0.3) is 10.2 Å². The number of amides is 1. The van der Waals surface area contributed by atoms with Gasteiger partial charge in [-0.15, -0.1) is 0 Å². The molecular weight excluding hydrogens is 518 g/mol. The van der Waals surface area contributed by atoms with E-state index in [1.165, 1.54) is 11.3 Å². The molecule has 0 N–H and O–H groups in total. The van der Waals surface area contributed by atoms with Crippen molar-refractivity contribution in [2.75, 3.05) is 31.1 Å². The highest BCUT2D eigenvalue weighted by Gasteiger charge is 2.32. The standard InChI is InChI=1S/C29H37N3O4S2/c1-19(2)25-8-5-9-26-27(25)30-29(37-26)32(18-23-7-6-14-36-23)28(33)22-10-12-24(13-11-22)38(34,35)31-16-20(3)15-21(4)17-31/h5,8-13,19-21,23H,6-7,14-18H2,1-4H3. The van der Waals surface area contributed by atoms with Crippen molar-refractivity contribution < 1.29 is 17.9 Å². The van der Waals surface area contributed by atoms with Crippen LogP contribution in [-0.2, 0) is 14.8 Å². The van der Waals surface area contributed by atoms with Gasteiger partial charge in [0.2, 0.25) is 10.0 Å². The van der Waals surface area contributed by atoms with Crippen LogP contribution < -0.4 is 4.90 Å². The molecule has 2 fully saturated rings. The number of anilines is 1. The number of ether oxygens (including phenoxy) is 1. The molecule has 3 unspecified atom stereocenters. The molecule has 1 amide bonds. The van der Waals surface area contributed by atoms with Crippen LogP contribution in [0.4, 0.5) is 5.13 Å². The second-order valence-corrected chi connectivity index (χ2v) is 14.1. The quantitative estimate of drug-likeness (QED) is 0.362. The lowest BCUT2D eigenvalue weighted by Crippen LogP contribution is -2.42. The largest absolute Gasteiger partial charge is 0.376 e. The maximum Gasteiger partial charge on any atom is 0.260 e. The maximum absolute atomic E-state index is 13.9. The molecule has 0 bridgehead atoms. The summed E-state index contributed by atoms with van der Waals surface area (Å²) >= 11 is 1.51. The second kappa shape index (κ2) is 11.0. The summed E-state index contributed by atoms with van der Waals surface area (Å²) in [5, 5.41) is 0.640. The molecule has 3 atom stereocenters. The molecule has 0 radical (unpaired) electrons. The Balaban J connectivity index is 1.44. The van der Waals surface area contributed by atoms with Crippen LogP contribution >= 0.6 is 11.3 Å². The zero-order chi connectivity index (χ0) is 27.0. The summed E-state index contributed by atoms with van der Waals surface area (Å²) in [5.41, 5.74) is 2.52. The van der Waals surface area contributed by atoms with Crippen molar-refractivity contribution in [3.8, 4) is 0 Å². The molecule has 2 aliphatic heterocycles. The number of nitrogens with zero attached hydrogens (tertiary/aromatic N) is 3. The molecule has 2 saturated heterocycles. The van der Waals surface area contributed by atoms with Gasteiger partial charge in [0.1, 0.15) is 0 Å². The fourth-order valence-electron chi connectivity index (χ4n) is 5.66. The summed E-state index contributed by atoms with van der Waals surface area (Å²) in [5.74, 6) is 0.766. The fraction of sp³-hybridized carbons (Fsp3) is 0.517. The van der Waals surface area contributed by atoms with Crippen LogP contribution in [-0.4, -0.2) is 56.0 Å². The smallest absolute Gasteiger partial charge is 0.260 e. The average Bonchev–Trinajstić information content (AvgIpc) is 3.56. The molecule has 38 heavy (non-hydrogen) atoms. The molecule has 3 heterocycles. The molecule has 9 heteroatoms. The normalized spacial score (nSPS) is 22.8. The van der Waals surface area contributed by atoms with Crippen molar-refractivity contribution >= 4 is 42.6 Å². The van der Waals surface area contributed by atoms with Gasteiger partial charge in [0.05, 0.1) is 27.8 Å². The lowest BCUT2D eigenvalue weighted by molar-refractivity contribution is 0.0917. The van der Waals surface area contributed by atoms with E-state index in [2.05, 4.69) is 33.8 Å². The van der Waals surface area contributed by atoms with E-state index in [-0.39, 0.29) is 16.9 Å². The SMILES string of the molecule is CC1CC(C)CN(S(=O)(=O)c2ccc(C(=O)N(CC3CCCO3)c3nc4c(C(C)C)cccc4s3)cc2)C1. The zero-order valence-corrected chi connectivity index (χ0v) is 24.2. The van der Waals surface area contributed by atoms with Crippen LogP contribution in [0.3, 0.4) is 0 Å². The van der Waals surface area contributed by atoms with E-state index in [1.807, 2.05) is 12.1 Å². The van der Waals surface area contributed by atoms with Gasteiger partial charge in [0, 0.05) is 25.3 Å². The van der Waals surface area contributed by atoms with E-state index < -0.39 is 10.0 Å². The zero-order valence-electron chi connectivity index (χ0n) is 22.6. The third-order valence-corrected chi connectivity index (χ3v) is 10.4. The number of hydrogen-bond donors (Lipinski definition) is 0. The summed E-state index contributed by atoms with van der Waals surface area (Å²) < 4.78 is 35.2. The second-order valence-electron chi connectivity index (χ2n) is 11.2. The number of thiazole rings is 1. The van der Waals surface area contributed by atoms with Gasteiger partial charge in [-0.2, -0.15) is 4.31 Å². The van der Waals surface area contributed by atoms with E-state index in [0.29, 0.717) is 54.7 Å². The summed E-state index contributed by atoms with van der Waals surface area (Å²) in [6.45, 7) is 10.6. The third kappa shape index (κ3) is 5.52. The van der Waals surface area contributed by atoms with E-state index >= 15 is 0 Å². The highest BCUT2D eigenvalue weighted by Crippen LogP contribution is 2.35. The van der Waals surface area contributed by atoms with Crippen LogP contribution in [0.2, 0.25) is 0 Å². The monoisotopic (exact) mass is 555 g/mol. The number of para-hydroxylation sites is 1. The van der Waals surface area contributed by atoms with Crippen molar-refractivity contribution in [2.45, 2.75) is 63.9 Å². The Bertz CT molecular complexity index is 1380. The molecule has 2 aliphatic rings. The van der Waals surface area contributed by atoms with Crippen LogP contribution in [0.15, 0.2) is 47.4 Å². The van der Waals surface area contributed by atoms with Gasteiger partial charge in [-0.05, 0) is 72.9 Å². The molecule has 3 aromatic rings. The number of sulfonamides is 1. The first-order valence-corrected chi connectivity index (χ1v) is 15.8. The highest BCUT2D eigenvalue weighted by atomic mass is 32.2. The predicted octanol–water partition coefficient (Wildman–Crippen LogP) is 5.91. The average molecular weight is 556 g/mol. The first kappa shape index (κ1) is 27.2. The van der Waals surface area contributed by atoms with E-state index in [9.17, 15) is 13.2 Å². The van der Waals surface area contributed by atoms with Gasteiger partial charge < -0.3 is 4.74 Å². The summed E-state index contributed by atoms with van der Waals surface area (Å²) in [6, 6.07) is 12.5. The summed E-state index contributed by atoms with van der Waals surface area (Å²) in [4.78, 5) is 20.7. The molecule has 0 spiro atoms. The lowest BCUT2D eigenvalue weighted by Gasteiger charge is -2.34. The first-order valence-electron chi connectivity index (χ1n) is 13.6. The maximum atomic E-state index is 13.9. The third-order valence-electron chi connectivity index (χ3n) is 7.52. The van der Waals surface area contributed by atoms with Gasteiger partial charge in [-0.3, -0.25) is 9.69 Å². The van der Waals surface area contributed by atoms with Crippen LogP contribution in [0, 0.1) is 11.8 Å². The minimum absolute atomic E-state index is 0.0433. The Hall–Kier alpha value is -2.33. The van der Waals surface area contributed by atoms with Gasteiger partial charge in [-0.1, -0.05) is 51.2 Å². The molecule has 204 valence electrons. The minimum Gasteiger partial charge on any atom is -0.376 e. The number of piperidine rings is 1. The van der Waals surface area contributed by atoms with Gasteiger partial charge >= 0.3 is 0 Å². The van der Waals surface area contributed by atoms with Gasteiger partial charge in [0.25, 0.3) is 5.91 Å². The van der Waals surface area contributed by atoms with Crippen molar-refractivity contribution in [1.29, 1.82) is 0 Å². The number of carbonyl (C=O) groups is 1. The number of fused-ring (bicyclic) bond motifs is 1. The van der Waals surface area contributed by atoms with Crippen LogP contribution in [0.5, 0.6) is 0 Å². The van der Waals surface area contributed by atoms with E-state index in [4.69, 9.17) is 9.72 Å². The topological polar surface area (TPSA) is 79.8 Å². The van der Waals surface area contributed by atoms with Crippen molar-refractivity contribution in [1.82, 2.24) is 9.29 Å². The van der Waals surface area contributed by atoms with Crippen molar-refractivity contribution in [2.24, 2.45) is 11.8 Å². The Morgan fingerprint density at radius 1 is 1.13 bits per heavy atom. The Morgan fingerprint density at radius 3 is 2.47 bits per heavy atom. The Labute approximate surface area is 229 Å². The molecule has 1 aromatic heterocycles. The summed E-state index contributed by atoms with van der Waals surface area (Å²) in [6.07, 6.45) is 2.86. The minimum atomic E-state index is -3.61. The van der Waals surface area contributed by atoms with Gasteiger partial charge in [-0.25, -0.2) is 13.4 Å². The fourth-order valence-corrected chi connectivity index (χ4v) is 8.34. The Kier molecular flexibility index (Phi) is 7.91. The molecule has 7 nitrogen and oxygen atoms in total. The first-order chi connectivity index (χ1) is 18.1. The van der Waals surface area contributed by atoms with Crippen molar-refractivity contribution in [3.05, 3.63) is 53.6 Å². The number of benzene rings is 2. The molecule has 0 saturated carbocycles. The Morgan fingerprint density at radius 2 is 1.84 bits per heavy atom. The molecule has 0 aliphatic carbocycles. The lowest BCUT2D eigenvalue weighted by atomic mass is 9.94. The molecular formula is C29H37N3O4S2. The summed E-state index contributed by atoms with van der Waals surface area (Å²) in [7, 11) is -3.61. The number of rotatable bonds is 7. The molecule has 2 aromatic carbocycles. The molecule has 5 rings (SSSR count). The van der Waals surface area contributed by atoms with Gasteiger partial charge in [0.15, 0.2) is 5.13 Å². The highest BCUT2D eigenvalue weighted by molar-refractivity contribution is 7.89. The van der Waals surface area contributed by atoms with Crippen molar-refractivity contribution in [3.63, 3.8) is 0 Å².